The molecule has 0 unspecified atom stereocenters. The Balaban J connectivity index is 1.59. The number of amides is 2. The molecule has 0 N–H and O–H groups in total. The fourth-order valence-electron chi connectivity index (χ4n) is 2.99. The molecule has 0 aliphatic carbocycles. The minimum atomic E-state index is -0.256. The van der Waals surface area contributed by atoms with Crippen molar-refractivity contribution in [2.45, 2.75) is 6.04 Å². The molecule has 4 rings (SSSR count). The fourth-order valence-corrected chi connectivity index (χ4v) is 3.92. The van der Waals surface area contributed by atoms with Crippen LogP contribution in [0.4, 0.5) is 4.79 Å². The Labute approximate surface area is 125 Å². The van der Waals surface area contributed by atoms with Crippen molar-refractivity contribution in [3.63, 3.8) is 0 Å². The van der Waals surface area contributed by atoms with Gasteiger partial charge in [-0.3, -0.25) is 9.69 Å². The first-order valence-electron chi connectivity index (χ1n) is 6.93. The van der Waals surface area contributed by atoms with Crippen LogP contribution >= 0.6 is 11.3 Å². The number of fused-ring (bicyclic) bond motifs is 2. The Morgan fingerprint density at radius 3 is 3.05 bits per heavy atom. The van der Waals surface area contributed by atoms with Crippen LogP contribution in [-0.4, -0.2) is 54.1 Å². The maximum atomic E-state index is 12.7. The lowest BCUT2D eigenvalue weighted by atomic mass is 10.1. The summed E-state index contributed by atoms with van der Waals surface area (Å²) in [5.41, 5.74) is 0.759. The highest BCUT2D eigenvalue weighted by molar-refractivity contribution is 7.17. The zero-order valence-electron chi connectivity index (χ0n) is 11.3. The molecule has 2 aliphatic rings. The molecule has 5 nitrogen and oxygen atoms in total. The maximum Gasteiger partial charge on any atom is 0.410 e. The first-order valence-corrected chi connectivity index (χ1v) is 7.81. The molecule has 2 amide bonds. The average Bonchev–Trinajstić information content (AvgIpc) is 3.10. The van der Waals surface area contributed by atoms with Gasteiger partial charge in [0.1, 0.15) is 6.61 Å². The van der Waals surface area contributed by atoms with Crippen molar-refractivity contribution in [3.05, 3.63) is 35.2 Å². The van der Waals surface area contributed by atoms with Gasteiger partial charge >= 0.3 is 6.09 Å². The van der Waals surface area contributed by atoms with Gasteiger partial charge in [0.2, 0.25) is 0 Å². The molecular weight excluding hydrogens is 288 g/mol. The van der Waals surface area contributed by atoms with Crippen LogP contribution in [-0.2, 0) is 4.74 Å². The summed E-state index contributed by atoms with van der Waals surface area (Å²) in [5, 5.41) is 2.93. The summed E-state index contributed by atoms with van der Waals surface area (Å²) in [6.45, 7) is 2.05. The van der Waals surface area contributed by atoms with Crippen molar-refractivity contribution in [1.82, 2.24) is 9.80 Å². The molecule has 6 heteroatoms. The highest BCUT2D eigenvalue weighted by Gasteiger charge is 2.39. The molecule has 0 spiro atoms. The number of ether oxygens (including phenoxy) is 1. The van der Waals surface area contributed by atoms with Gasteiger partial charge in [-0.15, -0.1) is 11.3 Å². The molecule has 21 heavy (non-hydrogen) atoms. The van der Waals surface area contributed by atoms with Crippen molar-refractivity contribution >= 4 is 33.4 Å². The van der Waals surface area contributed by atoms with Crippen LogP contribution < -0.4 is 0 Å². The number of benzene rings is 1. The average molecular weight is 302 g/mol. The van der Waals surface area contributed by atoms with Gasteiger partial charge in [0.25, 0.3) is 5.91 Å². The lowest BCUT2D eigenvalue weighted by Crippen LogP contribution is -2.53. The molecule has 1 aromatic heterocycles. The minimum absolute atomic E-state index is 0.0000925. The molecule has 2 fully saturated rings. The van der Waals surface area contributed by atoms with Gasteiger partial charge in [-0.2, -0.15) is 0 Å². The van der Waals surface area contributed by atoms with Gasteiger partial charge in [-0.25, -0.2) is 4.79 Å². The number of cyclic esters (lactones) is 1. The van der Waals surface area contributed by atoms with E-state index < -0.39 is 0 Å². The van der Waals surface area contributed by atoms with Gasteiger partial charge in [0.15, 0.2) is 0 Å². The standard InChI is InChI=1S/C15H14N2O3S/c18-14(12-9-21-13-4-2-1-3-11(12)13)16-5-6-17-10(7-16)8-20-15(17)19/h1-4,9-10H,5-8H2/t10-/m0/s1. The van der Waals surface area contributed by atoms with Gasteiger partial charge < -0.3 is 9.64 Å². The van der Waals surface area contributed by atoms with Crippen molar-refractivity contribution in [3.8, 4) is 0 Å². The SMILES string of the molecule is O=C(c1csc2ccccc12)N1CCN2C(=O)OC[C@@H]2C1. The molecule has 108 valence electrons. The second-order valence-electron chi connectivity index (χ2n) is 5.32. The summed E-state index contributed by atoms with van der Waals surface area (Å²) < 4.78 is 6.16. The monoisotopic (exact) mass is 302 g/mol. The molecular formula is C15H14N2O3S. The van der Waals surface area contributed by atoms with E-state index in [0.717, 1.165) is 15.6 Å². The number of nitrogens with zero attached hydrogens (tertiary/aromatic N) is 2. The maximum absolute atomic E-state index is 12.7. The largest absolute Gasteiger partial charge is 0.447 e. The molecule has 0 radical (unpaired) electrons. The summed E-state index contributed by atoms with van der Waals surface area (Å²) in [6, 6.07) is 7.94. The van der Waals surface area contributed by atoms with E-state index in [-0.39, 0.29) is 18.0 Å². The van der Waals surface area contributed by atoms with Crippen LogP contribution in [0, 0.1) is 0 Å². The third-order valence-electron chi connectivity index (χ3n) is 4.12. The fraction of sp³-hybridized carbons (Fsp3) is 0.333. The van der Waals surface area contributed by atoms with Gasteiger partial charge in [0, 0.05) is 35.1 Å². The van der Waals surface area contributed by atoms with E-state index in [1.54, 1.807) is 16.2 Å². The predicted molar refractivity (Wildman–Crippen MR) is 79.6 cm³/mol. The van der Waals surface area contributed by atoms with Crippen LogP contribution in [0.15, 0.2) is 29.6 Å². The molecule has 2 aliphatic heterocycles. The Bertz CT molecular complexity index is 727. The quantitative estimate of drug-likeness (QED) is 0.811. The second kappa shape index (κ2) is 4.73. The van der Waals surface area contributed by atoms with E-state index in [4.69, 9.17) is 4.74 Å². The highest BCUT2D eigenvalue weighted by Crippen LogP contribution is 2.28. The zero-order chi connectivity index (χ0) is 14.4. The van der Waals surface area contributed by atoms with E-state index in [1.807, 2.05) is 34.5 Å². The van der Waals surface area contributed by atoms with Crippen molar-refractivity contribution < 1.29 is 14.3 Å². The molecule has 1 atom stereocenters. The van der Waals surface area contributed by atoms with E-state index in [0.29, 0.717) is 26.2 Å². The van der Waals surface area contributed by atoms with Gasteiger partial charge in [-0.05, 0) is 6.07 Å². The van der Waals surface area contributed by atoms with Crippen LogP contribution in [0.3, 0.4) is 0 Å². The Morgan fingerprint density at radius 2 is 2.14 bits per heavy atom. The van der Waals surface area contributed by atoms with E-state index in [9.17, 15) is 9.59 Å². The lowest BCUT2D eigenvalue weighted by molar-refractivity contribution is 0.0619. The molecule has 0 bridgehead atoms. The third kappa shape index (κ3) is 1.98. The number of carbonyl (C=O) groups is 2. The summed E-state index contributed by atoms with van der Waals surface area (Å²) in [7, 11) is 0. The highest BCUT2D eigenvalue weighted by atomic mass is 32.1. The molecule has 1 aromatic carbocycles. The number of carbonyl (C=O) groups excluding carboxylic acids is 2. The van der Waals surface area contributed by atoms with E-state index >= 15 is 0 Å². The van der Waals surface area contributed by atoms with Crippen molar-refractivity contribution in [1.29, 1.82) is 0 Å². The second-order valence-corrected chi connectivity index (χ2v) is 6.23. The number of rotatable bonds is 1. The molecule has 2 aromatic rings. The van der Waals surface area contributed by atoms with E-state index in [1.165, 1.54) is 0 Å². The van der Waals surface area contributed by atoms with Crippen LogP contribution in [0.25, 0.3) is 10.1 Å². The van der Waals surface area contributed by atoms with Crippen molar-refractivity contribution in [2.75, 3.05) is 26.2 Å². The Morgan fingerprint density at radius 1 is 1.29 bits per heavy atom. The first kappa shape index (κ1) is 12.6. The van der Waals surface area contributed by atoms with Crippen LogP contribution in [0.1, 0.15) is 10.4 Å². The molecule has 2 saturated heterocycles. The van der Waals surface area contributed by atoms with Gasteiger partial charge in [0.05, 0.1) is 11.6 Å². The first-order chi connectivity index (χ1) is 10.2. The molecule has 3 heterocycles. The van der Waals surface area contributed by atoms with Crippen LogP contribution in [0.5, 0.6) is 0 Å². The minimum Gasteiger partial charge on any atom is -0.447 e. The normalized spacial score (nSPS) is 21.5. The third-order valence-corrected chi connectivity index (χ3v) is 5.08. The topological polar surface area (TPSA) is 49.9 Å². The van der Waals surface area contributed by atoms with Crippen LogP contribution in [0.2, 0.25) is 0 Å². The van der Waals surface area contributed by atoms with Crippen molar-refractivity contribution in [2.24, 2.45) is 0 Å². The number of thiophene rings is 1. The number of piperazine rings is 1. The Kier molecular flexibility index (Phi) is 2.85. The molecule has 0 saturated carbocycles. The zero-order valence-corrected chi connectivity index (χ0v) is 12.1. The number of hydrogen-bond acceptors (Lipinski definition) is 4. The van der Waals surface area contributed by atoms with Gasteiger partial charge in [-0.1, -0.05) is 18.2 Å². The summed E-state index contributed by atoms with van der Waals surface area (Å²) in [6.07, 6.45) is -0.256. The summed E-state index contributed by atoms with van der Waals surface area (Å²) in [5.74, 6) is 0.0476. The smallest absolute Gasteiger partial charge is 0.410 e. The summed E-state index contributed by atoms with van der Waals surface area (Å²) in [4.78, 5) is 27.8. The lowest BCUT2D eigenvalue weighted by Gasteiger charge is -2.35. The number of hydrogen-bond donors (Lipinski definition) is 0. The Hall–Kier alpha value is -2.08. The summed E-state index contributed by atoms with van der Waals surface area (Å²) >= 11 is 1.59. The predicted octanol–water partition coefficient (Wildman–Crippen LogP) is 2.18. The van der Waals surface area contributed by atoms with E-state index in [2.05, 4.69) is 0 Å².